The molecule has 0 aromatic heterocycles. The summed E-state index contributed by atoms with van der Waals surface area (Å²) in [6.07, 6.45) is 0.421. The molecule has 2 unspecified atom stereocenters. The second-order valence-corrected chi connectivity index (χ2v) is 3.39. The predicted octanol–water partition coefficient (Wildman–Crippen LogP) is 2.18. The second-order valence-electron chi connectivity index (χ2n) is 2.65. The van der Waals surface area contributed by atoms with Gasteiger partial charge in [-0.1, -0.05) is 13.8 Å². The molecule has 0 bridgehead atoms. The van der Waals surface area contributed by atoms with E-state index in [-0.39, 0.29) is 11.8 Å². The maximum absolute atomic E-state index is 10.5. The highest BCUT2D eigenvalue weighted by Gasteiger charge is 2.17. The number of rotatable bonds is 4. The molecule has 0 fully saturated rings. The van der Waals surface area contributed by atoms with E-state index < -0.39 is 10.5 Å². The highest BCUT2D eigenvalue weighted by atomic mass is 35.5. The van der Waals surface area contributed by atoms with Gasteiger partial charge in [-0.05, 0) is 29.6 Å². The van der Waals surface area contributed by atoms with E-state index in [0.29, 0.717) is 6.42 Å². The molecule has 4 heteroatoms. The Morgan fingerprint density at radius 3 is 1.55 bits per heavy atom. The molecule has 0 aliphatic carbocycles. The first-order chi connectivity index (χ1) is 4.95. The van der Waals surface area contributed by atoms with Crippen LogP contribution in [0.2, 0.25) is 0 Å². The summed E-state index contributed by atoms with van der Waals surface area (Å²) in [5.41, 5.74) is 0. The molecule has 0 aromatic rings. The summed E-state index contributed by atoms with van der Waals surface area (Å²) < 4.78 is 0. The smallest absolute Gasteiger partial charge is 0.224 e. The van der Waals surface area contributed by atoms with Crippen molar-refractivity contribution in [3.8, 4) is 0 Å². The number of carbonyl (C=O) groups excluding carboxylic acids is 2. The Balaban J connectivity index is 3.84. The van der Waals surface area contributed by atoms with Gasteiger partial charge in [-0.15, -0.1) is 0 Å². The Kier molecular flexibility index (Phi) is 4.69. The third-order valence-electron chi connectivity index (χ3n) is 1.48. The summed E-state index contributed by atoms with van der Waals surface area (Å²) in [6.45, 7) is 3.34. The monoisotopic (exact) mass is 196 g/mol. The molecule has 2 nitrogen and oxygen atoms in total. The van der Waals surface area contributed by atoms with Crippen LogP contribution in [-0.4, -0.2) is 10.5 Å². The van der Waals surface area contributed by atoms with Crippen LogP contribution in [0.25, 0.3) is 0 Å². The summed E-state index contributed by atoms with van der Waals surface area (Å²) in [6, 6.07) is 0. The van der Waals surface area contributed by atoms with E-state index in [4.69, 9.17) is 23.2 Å². The summed E-state index contributed by atoms with van der Waals surface area (Å²) in [4.78, 5) is 21.0. The average molecular weight is 197 g/mol. The second kappa shape index (κ2) is 4.73. The first-order valence-electron chi connectivity index (χ1n) is 3.33. The lowest BCUT2D eigenvalue weighted by molar-refractivity contribution is -0.117. The molecular formula is C7H10Cl2O2. The van der Waals surface area contributed by atoms with Gasteiger partial charge in [0.1, 0.15) is 0 Å². The molecule has 11 heavy (non-hydrogen) atoms. The third-order valence-corrected chi connectivity index (χ3v) is 2.23. The number of hydrogen-bond donors (Lipinski definition) is 0. The summed E-state index contributed by atoms with van der Waals surface area (Å²) in [7, 11) is 0. The highest BCUT2D eigenvalue weighted by Crippen LogP contribution is 2.16. The molecule has 0 heterocycles. The Bertz CT molecular complexity index is 150. The van der Waals surface area contributed by atoms with Gasteiger partial charge in [0.05, 0.1) is 0 Å². The van der Waals surface area contributed by atoms with Crippen LogP contribution in [-0.2, 0) is 9.59 Å². The zero-order chi connectivity index (χ0) is 9.02. The average Bonchev–Trinajstić information content (AvgIpc) is 1.87. The maximum Gasteiger partial charge on any atom is 0.224 e. The van der Waals surface area contributed by atoms with Crippen molar-refractivity contribution in [3.05, 3.63) is 0 Å². The molecule has 0 saturated heterocycles. The van der Waals surface area contributed by atoms with Crippen LogP contribution < -0.4 is 0 Å². The van der Waals surface area contributed by atoms with Crippen molar-refractivity contribution in [2.24, 2.45) is 11.8 Å². The van der Waals surface area contributed by atoms with Gasteiger partial charge in [0, 0.05) is 11.8 Å². The van der Waals surface area contributed by atoms with E-state index in [2.05, 4.69) is 0 Å². The van der Waals surface area contributed by atoms with Crippen molar-refractivity contribution in [1.82, 2.24) is 0 Å². The first kappa shape index (κ1) is 10.9. The molecule has 2 atom stereocenters. The molecule has 64 valence electrons. The van der Waals surface area contributed by atoms with E-state index in [1.807, 2.05) is 0 Å². The van der Waals surface area contributed by atoms with Gasteiger partial charge in [0.25, 0.3) is 0 Å². The SMILES string of the molecule is CC(CC(C)C(=O)Cl)C(=O)Cl. The molecule has 0 N–H and O–H groups in total. The largest absolute Gasteiger partial charge is 0.281 e. The Hall–Kier alpha value is -0.0800. The first-order valence-corrected chi connectivity index (χ1v) is 4.09. The molecule has 0 saturated carbocycles. The van der Waals surface area contributed by atoms with Crippen LogP contribution in [0.15, 0.2) is 0 Å². The molecule has 0 rings (SSSR count). The van der Waals surface area contributed by atoms with E-state index in [1.165, 1.54) is 0 Å². The lowest BCUT2D eigenvalue weighted by Crippen LogP contribution is -2.13. The fraction of sp³-hybridized carbons (Fsp3) is 0.714. The van der Waals surface area contributed by atoms with Crippen LogP contribution in [0, 0.1) is 11.8 Å². The lowest BCUT2D eigenvalue weighted by atomic mass is 10.00. The predicted molar refractivity (Wildman–Crippen MR) is 44.7 cm³/mol. The van der Waals surface area contributed by atoms with Crippen molar-refractivity contribution in [2.75, 3.05) is 0 Å². The van der Waals surface area contributed by atoms with E-state index in [1.54, 1.807) is 13.8 Å². The Morgan fingerprint density at radius 1 is 1.09 bits per heavy atom. The Labute approximate surface area is 75.9 Å². The minimum atomic E-state index is -0.422. The molecule has 0 aromatic carbocycles. The highest BCUT2D eigenvalue weighted by molar-refractivity contribution is 6.64. The van der Waals surface area contributed by atoms with Crippen LogP contribution in [0.3, 0.4) is 0 Å². The van der Waals surface area contributed by atoms with Crippen molar-refractivity contribution in [3.63, 3.8) is 0 Å². The molecule has 0 radical (unpaired) electrons. The van der Waals surface area contributed by atoms with Crippen molar-refractivity contribution < 1.29 is 9.59 Å². The van der Waals surface area contributed by atoms with Crippen LogP contribution in [0.1, 0.15) is 20.3 Å². The summed E-state index contributed by atoms with van der Waals surface area (Å²) in [5.74, 6) is -0.594. The van der Waals surface area contributed by atoms with Gasteiger partial charge in [0.2, 0.25) is 10.5 Å². The minimum absolute atomic E-state index is 0.297. The zero-order valence-electron chi connectivity index (χ0n) is 6.43. The van der Waals surface area contributed by atoms with E-state index in [0.717, 1.165) is 0 Å². The van der Waals surface area contributed by atoms with Crippen molar-refractivity contribution >= 4 is 33.7 Å². The van der Waals surface area contributed by atoms with Crippen molar-refractivity contribution in [1.29, 1.82) is 0 Å². The fourth-order valence-corrected chi connectivity index (χ4v) is 0.894. The van der Waals surface area contributed by atoms with Gasteiger partial charge < -0.3 is 0 Å². The third kappa shape index (κ3) is 4.38. The van der Waals surface area contributed by atoms with E-state index in [9.17, 15) is 9.59 Å². The van der Waals surface area contributed by atoms with Gasteiger partial charge in [0.15, 0.2) is 0 Å². The van der Waals surface area contributed by atoms with E-state index >= 15 is 0 Å². The van der Waals surface area contributed by atoms with Crippen molar-refractivity contribution in [2.45, 2.75) is 20.3 Å². The summed E-state index contributed by atoms with van der Waals surface area (Å²) >= 11 is 10.4. The Morgan fingerprint density at radius 2 is 1.36 bits per heavy atom. The lowest BCUT2D eigenvalue weighted by Gasteiger charge is -2.08. The van der Waals surface area contributed by atoms with Crippen LogP contribution >= 0.6 is 23.2 Å². The fourth-order valence-electron chi connectivity index (χ4n) is 0.716. The molecule has 0 spiro atoms. The topological polar surface area (TPSA) is 34.1 Å². The van der Waals surface area contributed by atoms with Gasteiger partial charge in [-0.2, -0.15) is 0 Å². The minimum Gasteiger partial charge on any atom is -0.281 e. The van der Waals surface area contributed by atoms with Gasteiger partial charge in [-0.3, -0.25) is 9.59 Å². The van der Waals surface area contributed by atoms with Gasteiger partial charge in [-0.25, -0.2) is 0 Å². The molecule has 0 aliphatic heterocycles. The molecule has 0 amide bonds. The van der Waals surface area contributed by atoms with Gasteiger partial charge >= 0.3 is 0 Å². The normalized spacial score (nSPS) is 15.6. The molecular weight excluding hydrogens is 187 g/mol. The number of halogens is 2. The van der Waals surface area contributed by atoms with Crippen LogP contribution in [0.5, 0.6) is 0 Å². The summed E-state index contributed by atoms with van der Waals surface area (Å²) in [5, 5.41) is -0.843. The quantitative estimate of drug-likeness (QED) is 0.647. The zero-order valence-corrected chi connectivity index (χ0v) is 7.95. The number of hydrogen-bond acceptors (Lipinski definition) is 2. The molecule has 0 aliphatic rings. The number of carbonyl (C=O) groups is 2. The maximum atomic E-state index is 10.5. The standard InChI is InChI=1S/C7H10Cl2O2/c1-4(6(8)10)3-5(2)7(9)11/h4-5H,3H2,1-2H3. The van der Waals surface area contributed by atoms with Crippen LogP contribution in [0.4, 0.5) is 0 Å².